The van der Waals surface area contributed by atoms with Crippen LogP contribution >= 0.6 is 0 Å². The average Bonchev–Trinajstić information content (AvgIpc) is 2.90. The van der Waals surface area contributed by atoms with E-state index in [0.29, 0.717) is 11.6 Å². The van der Waals surface area contributed by atoms with Crippen LogP contribution < -0.4 is 10.0 Å². The molecule has 0 spiro atoms. The molecular formula is C16H17N4O-. The summed E-state index contributed by atoms with van der Waals surface area (Å²) in [6, 6.07) is 9.83. The first kappa shape index (κ1) is 13.4. The van der Waals surface area contributed by atoms with Crippen LogP contribution in [-0.2, 0) is 0 Å². The van der Waals surface area contributed by atoms with Crippen molar-refractivity contribution in [3.8, 4) is 11.7 Å². The molecular weight excluding hydrogens is 264 g/mol. The van der Waals surface area contributed by atoms with Crippen molar-refractivity contribution in [1.82, 2.24) is 14.5 Å². The molecule has 0 aliphatic rings. The Morgan fingerprint density at radius 1 is 1.10 bits per heavy atom. The quantitative estimate of drug-likeness (QED) is 0.736. The monoisotopic (exact) mass is 281 g/mol. The number of benzene rings is 1. The van der Waals surface area contributed by atoms with E-state index in [4.69, 9.17) is 0 Å². The van der Waals surface area contributed by atoms with Crippen LogP contribution in [0.4, 0.5) is 5.82 Å². The summed E-state index contributed by atoms with van der Waals surface area (Å²) >= 11 is 0. The van der Waals surface area contributed by atoms with Gasteiger partial charge in [-0.25, -0.2) is 9.97 Å². The molecule has 21 heavy (non-hydrogen) atoms. The summed E-state index contributed by atoms with van der Waals surface area (Å²) in [4.78, 5) is 10.6. The summed E-state index contributed by atoms with van der Waals surface area (Å²) in [5, 5.41) is 14.6. The molecule has 0 atom stereocenters. The molecule has 0 aliphatic heterocycles. The number of fused-ring (bicyclic) bond motifs is 1. The first-order valence-electron chi connectivity index (χ1n) is 7.09. The van der Waals surface area contributed by atoms with E-state index in [1.165, 1.54) is 4.57 Å². The van der Waals surface area contributed by atoms with E-state index in [2.05, 4.69) is 9.97 Å². The van der Waals surface area contributed by atoms with Gasteiger partial charge in [-0.05, 0) is 25.3 Å². The molecule has 0 radical (unpaired) electrons. The summed E-state index contributed by atoms with van der Waals surface area (Å²) in [7, 11) is 0. The zero-order valence-corrected chi connectivity index (χ0v) is 12.2. The molecule has 3 rings (SSSR count). The molecule has 1 aromatic carbocycles. The zero-order chi connectivity index (χ0) is 14.8. The van der Waals surface area contributed by atoms with Gasteiger partial charge in [0.15, 0.2) is 0 Å². The van der Waals surface area contributed by atoms with E-state index in [1.807, 2.05) is 49.1 Å². The maximum atomic E-state index is 12.6. The van der Waals surface area contributed by atoms with E-state index < -0.39 is 0 Å². The molecule has 5 heteroatoms. The maximum Gasteiger partial charge on any atom is 0.145 e. The van der Waals surface area contributed by atoms with E-state index in [9.17, 15) is 5.11 Å². The molecule has 0 unspecified atom stereocenters. The molecule has 0 saturated heterocycles. The summed E-state index contributed by atoms with van der Waals surface area (Å²) in [6.45, 7) is 5.54. The Balaban J connectivity index is 2.16. The van der Waals surface area contributed by atoms with E-state index in [1.54, 1.807) is 12.5 Å². The Labute approximate surface area is 123 Å². The third kappa shape index (κ3) is 2.20. The number of hydrogen-bond acceptors (Lipinski definition) is 4. The lowest BCUT2D eigenvalue weighted by Gasteiger charge is -2.23. The Hall–Kier alpha value is -2.56. The van der Waals surface area contributed by atoms with Crippen molar-refractivity contribution in [2.24, 2.45) is 0 Å². The highest BCUT2D eigenvalue weighted by Crippen LogP contribution is 2.28. The minimum absolute atomic E-state index is 0.123. The first-order chi connectivity index (χ1) is 10.3. The van der Waals surface area contributed by atoms with Crippen LogP contribution in [0.2, 0.25) is 0 Å². The second-order valence-electron chi connectivity index (χ2n) is 4.77. The van der Waals surface area contributed by atoms with Crippen molar-refractivity contribution in [2.75, 3.05) is 18.0 Å². The molecule has 0 saturated carbocycles. The average molecular weight is 281 g/mol. The van der Waals surface area contributed by atoms with Gasteiger partial charge >= 0.3 is 0 Å². The molecule has 0 bridgehead atoms. The van der Waals surface area contributed by atoms with Crippen molar-refractivity contribution >= 4 is 16.6 Å². The smallest absolute Gasteiger partial charge is 0.145 e. The fourth-order valence-electron chi connectivity index (χ4n) is 2.51. The first-order valence-corrected chi connectivity index (χ1v) is 7.09. The Morgan fingerprint density at radius 3 is 2.62 bits per heavy atom. The molecule has 2 heterocycles. The summed E-state index contributed by atoms with van der Waals surface area (Å²) < 4.78 is 1.52. The zero-order valence-electron chi connectivity index (χ0n) is 12.2. The van der Waals surface area contributed by atoms with Gasteiger partial charge in [0, 0.05) is 30.6 Å². The normalized spacial score (nSPS) is 11.0. The van der Waals surface area contributed by atoms with E-state index in [0.717, 1.165) is 23.9 Å². The van der Waals surface area contributed by atoms with Crippen LogP contribution in [-0.4, -0.2) is 27.6 Å². The number of pyridine rings is 1. The van der Waals surface area contributed by atoms with Gasteiger partial charge in [-0.15, -0.1) is 0 Å². The van der Waals surface area contributed by atoms with Crippen LogP contribution in [0.1, 0.15) is 13.8 Å². The highest BCUT2D eigenvalue weighted by atomic mass is 16.3. The Kier molecular flexibility index (Phi) is 3.48. The number of imidazole rings is 1. The fourth-order valence-corrected chi connectivity index (χ4v) is 2.51. The third-order valence-corrected chi connectivity index (χ3v) is 3.65. The minimum atomic E-state index is -0.123. The van der Waals surface area contributed by atoms with Crippen LogP contribution in [0.3, 0.4) is 0 Å². The standard InChI is InChI=1S/C16H18N4O/c1-3-19(4-2)15-16(21)20(11-18-15)14-13-8-6-5-7-12(13)9-10-17-14/h5-11,21H,3-4H2,1-2H3/p-1. The molecule has 3 aromatic rings. The number of nitrogens with zero attached hydrogens (tertiary/aromatic N) is 4. The van der Waals surface area contributed by atoms with Gasteiger partial charge in [0.25, 0.3) is 0 Å². The summed E-state index contributed by atoms with van der Waals surface area (Å²) in [5.74, 6) is 0.987. The highest BCUT2D eigenvalue weighted by Gasteiger charge is 2.11. The van der Waals surface area contributed by atoms with Gasteiger partial charge in [-0.3, -0.25) is 4.57 Å². The van der Waals surface area contributed by atoms with Crippen LogP contribution in [0.15, 0.2) is 42.9 Å². The molecule has 0 aliphatic carbocycles. The lowest BCUT2D eigenvalue weighted by Crippen LogP contribution is -2.23. The van der Waals surface area contributed by atoms with Crippen molar-refractivity contribution in [2.45, 2.75) is 13.8 Å². The molecule has 0 fully saturated rings. The van der Waals surface area contributed by atoms with Crippen molar-refractivity contribution < 1.29 is 5.11 Å². The Bertz CT molecular complexity index is 757. The van der Waals surface area contributed by atoms with Crippen LogP contribution in [0, 0.1) is 0 Å². The lowest BCUT2D eigenvalue weighted by molar-refractivity contribution is -0.276. The molecule has 2 aromatic heterocycles. The van der Waals surface area contributed by atoms with Crippen LogP contribution in [0.25, 0.3) is 16.6 Å². The van der Waals surface area contributed by atoms with Gasteiger partial charge in [0.2, 0.25) is 0 Å². The molecule has 108 valence electrons. The fraction of sp³-hybridized carbons (Fsp3) is 0.250. The topological polar surface area (TPSA) is 57.0 Å². The third-order valence-electron chi connectivity index (χ3n) is 3.65. The SMILES string of the molecule is CCN(CC)c1ncn(-c2nccc3ccccc23)c1[O-]. The van der Waals surface area contributed by atoms with E-state index in [-0.39, 0.29) is 5.88 Å². The van der Waals surface area contributed by atoms with Gasteiger partial charge in [0.05, 0.1) is 0 Å². The predicted octanol–water partition coefficient (Wildman–Crippen LogP) is 2.34. The molecule has 0 N–H and O–H groups in total. The number of hydrogen-bond donors (Lipinski definition) is 0. The van der Waals surface area contributed by atoms with Gasteiger partial charge < -0.3 is 10.0 Å². The van der Waals surface area contributed by atoms with Crippen molar-refractivity contribution in [3.63, 3.8) is 0 Å². The second kappa shape index (κ2) is 5.44. The number of rotatable bonds is 4. The highest BCUT2D eigenvalue weighted by molar-refractivity contribution is 5.88. The molecule has 0 amide bonds. The summed E-state index contributed by atoms with van der Waals surface area (Å²) in [6.07, 6.45) is 3.28. The Morgan fingerprint density at radius 2 is 1.86 bits per heavy atom. The number of anilines is 1. The van der Waals surface area contributed by atoms with Crippen molar-refractivity contribution in [1.29, 1.82) is 0 Å². The van der Waals surface area contributed by atoms with Crippen LogP contribution in [0.5, 0.6) is 5.88 Å². The lowest BCUT2D eigenvalue weighted by atomic mass is 10.1. The van der Waals surface area contributed by atoms with Gasteiger partial charge in [-0.2, -0.15) is 0 Å². The van der Waals surface area contributed by atoms with E-state index >= 15 is 0 Å². The van der Waals surface area contributed by atoms with Gasteiger partial charge in [0.1, 0.15) is 18.0 Å². The minimum Gasteiger partial charge on any atom is -0.857 e. The maximum absolute atomic E-state index is 12.6. The van der Waals surface area contributed by atoms with Gasteiger partial charge in [-0.1, -0.05) is 24.3 Å². The summed E-state index contributed by atoms with van der Waals surface area (Å²) in [5.41, 5.74) is 0. The number of aromatic nitrogens is 3. The molecule has 5 nitrogen and oxygen atoms in total. The largest absolute Gasteiger partial charge is 0.857 e. The second-order valence-corrected chi connectivity index (χ2v) is 4.77. The predicted molar refractivity (Wildman–Crippen MR) is 81.9 cm³/mol. The van der Waals surface area contributed by atoms with Crippen molar-refractivity contribution in [3.05, 3.63) is 42.9 Å².